The van der Waals surface area contributed by atoms with E-state index in [4.69, 9.17) is 5.26 Å². The quantitative estimate of drug-likeness (QED) is 0.773. The number of likely N-dealkylation sites (N-methyl/N-ethyl adjacent to an activating group) is 1. The van der Waals surface area contributed by atoms with E-state index in [-0.39, 0.29) is 11.7 Å². The lowest BCUT2D eigenvalue weighted by Gasteiger charge is -2.21. The summed E-state index contributed by atoms with van der Waals surface area (Å²) in [7, 11) is 2.02. The summed E-state index contributed by atoms with van der Waals surface area (Å²) in [4.78, 5) is 2.16. The van der Waals surface area contributed by atoms with Gasteiger partial charge in [-0.15, -0.1) is 0 Å². The highest BCUT2D eigenvalue weighted by Gasteiger charge is 2.14. The zero-order valence-electron chi connectivity index (χ0n) is 11.4. The minimum atomic E-state index is -0.198. The van der Waals surface area contributed by atoms with Gasteiger partial charge in [0.1, 0.15) is 5.82 Å². The van der Waals surface area contributed by atoms with Crippen LogP contribution in [0, 0.1) is 29.0 Å². The van der Waals surface area contributed by atoms with E-state index in [0.29, 0.717) is 5.92 Å². The van der Waals surface area contributed by atoms with E-state index in [1.165, 1.54) is 12.1 Å². The minimum absolute atomic E-state index is 0.0724. The van der Waals surface area contributed by atoms with E-state index < -0.39 is 0 Å². The molecule has 0 aliphatic carbocycles. The smallest absolute Gasteiger partial charge is 0.123 e. The molecule has 0 amide bonds. The number of nitrogens with zero attached hydrogens (tertiary/aromatic N) is 2. The predicted molar refractivity (Wildman–Crippen MR) is 71.5 cm³/mol. The molecule has 0 spiro atoms. The maximum atomic E-state index is 12.7. The van der Waals surface area contributed by atoms with Crippen molar-refractivity contribution in [1.82, 2.24) is 4.90 Å². The number of hydrogen-bond donors (Lipinski definition) is 0. The zero-order valence-corrected chi connectivity index (χ0v) is 11.4. The van der Waals surface area contributed by atoms with Gasteiger partial charge in [0.15, 0.2) is 0 Å². The molecule has 1 atom stereocenters. The van der Waals surface area contributed by atoms with E-state index >= 15 is 0 Å². The van der Waals surface area contributed by atoms with Crippen LogP contribution in [0.3, 0.4) is 0 Å². The zero-order chi connectivity index (χ0) is 13.5. The van der Waals surface area contributed by atoms with Crippen molar-refractivity contribution in [2.24, 2.45) is 11.8 Å². The maximum absolute atomic E-state index is 12.7. The fraction of sp³-hybridized carbons (Fsp3) is 0.533. The number of nitriles is 1. The van der Waals surface area contributed by atoms with Crippen molar-refractivity contribution >= 4 is 0 Å². The fourth-order valence-electron chi connectivity index (χ4n) is 1.80. The van der Waals surface area contributed by atoms with Gasteiger partial charge in [-0.2, -0.15) is 5.26 Å². The Morgan fingerprint density at radius 1 is 1.28 bits per heavy atom. The molecule has 0 aliphatic rings. The Morgan fingerprint density at radius 3 is 2.39 bits per heavy atom. The SMILES string of the molecule is CC(C)C(C#N)CN(C)CCc1ccc(F)cc1. The van der Waals surface area contributed by atoms with Gasteiger partial charge >= 0.3 is 0 Å². The van der Waals surface area contributed by atoms with Crippen LogP contribution in [-0.2, 0) is 6.42 Å². The van der Waals surface area contributed by atoms with Crippen LogP contribution in [-0.4, -0.2) is 25.0 Å². The molecular weight excluding hydrogens is 227 g/mol. The van der Waals surface area contributed by atoms with Crippen molar-refractivity contribution in [2.45, 2.75) is 20.3 Å². The summed E-state index contributed by atoms with van der Waals surface area (Å²) in [5.41, 5.74) is 1.13. The first kappa shape index (κ1) is 14.7. The van der Waals surface area contributed by atoms with Gasteiger partial charge in [-0.1, -0.05) is 26.0 Å². The molecule has 98 valence electrons. The molecule has 0 saturated carbocycles. The third-order valence-corrected chi connectivity index (χ3v) is 3.17. The monoisotopic (exact) mass is 248 g/mol. The minimum Gasteiger partial charge on any atom is -0.305 e. The van der Waals surface area contributed by atoms with Gasteiger partial charge < -0.3 is 4.90 Å². The standard InChI is InChI=1S/C15H21FN2/c1-12(2)14(10-17)11-18(3)9-8-13-4-6-15(16)7-5-13/h4-7,12,14H,8-9,11H2,1-3H3. The van der Waals surface area contributed by atoms with Gasteiger partial charge in [-0.05, 0) is 37.1 Å². The highest BCUT2D eigenvalue weighted by Crippen LogP contribution is 2.11. The summed E-state index contributed by atoms with van der Waals surface area (Å²) < 4.78 is 12.7. The number of halogens is 1. The van der Waals surface area contributed by atoms with Crippen molar-refractivity contribution in [3.05, 3.63) is 35.6 Å². The molecule has 1 aromatic carbocycles. The number of hydrogen-bond acceptors (Lipinski definition) is 2. The largest absolute Gasteiger partial charge is 0.305 e. The molecule has 0 radical (unpaired) electrons. The second kappa shape index (κ2) is 7.13. The molecule has 0 aliphatic heterocycles. The molecule has 0 saturated heterocycles. The van der Waals surface area contributed by atoms with Crippen molar-refractivity contribution in [3.63, 3.8) is 0 Å². The molecule has 0 N–H and O–H groups in total. The third-order valence-electron chi connectivity index (χ3n) is 3.17. The average molecular weight is 248 g/mol. The second-order valence-corrected chi connectivity index (χ2v) is 5.12. The molecule has 18 heavy (non-hydrogen) atoms. The molecule has 0 fully saturated rings. The topological polar surface area (TPSA) is 27.0 Å². The Bertz CT molecular complexity index is 392. The van der Waals surface area contributed by atoms with Crippen LogP contribution in [0.25, 0.3) is 0 Å². The second-order valence-electron chi connectivity index (χ2n) is 5.12. The Morgan fingerprint density at radius 2 is 1.89 bits per heavy atom. The van der Waals surface area contributed by atoms with Crippen LogP contribution in [0.2, 0.25) is 0 Å². The van der Waals surface area contributed by atoms with Crippen molar-refractivity contribution < 1.29 is 4.39 Å². The van der Waals surface area contributed by atoms with Gasteiger partial charge in [0.2, 0.25) is 0 Å². The molecule has 1 rings (SSSR count). The third kappa shape index (κ3) is 4.85. The Kier molecular flexibility index (Phi) is 5.80. The highest BCUT2D eigenvalue weighted by molar-refractivity contribution is 5.16. The summed E-state index contributed by atoms with van der Waals surface area (Å²) in [6, 6.07) is 8.95. The Hall–Kier alpha value is -1.40. The molecular formula is C15H21FN2. The van der Waals surface area contributed by atoms with Gasteiger partial charge in [-0.25, -0.2) is 4.39 Å². The first-order chi connectivity index (χ1) is 8.52. The first-order valence-corrected chi connectivity index (χ1v) is 6.35. The van der Waals surface area contributed by atoms with E-state index in [9.17, 15) is 4.39 Å². The summed E-state index contributed by atoms with van der Waals surface area (Å²) >= 11 is 0. The lowest BCUT2D eigenvalue weighted by atomic mass is 9.97. The molecule has 2 nitrogen and oxygen atoms in total. The Balaban J connectivity index is 2.39. The molecule has 3 heteroatoms. The van der Waals surface area contributed by atoms with Crippen molar-refractivity contribution in [3.8, 4) is 6.07 Å². The molecule has 0 bridgehead atoms. The lowest BCUT2D eigenvalue weighted by molar-refractivity contribution is 0.275. The van der Waals surface area contributed by atoms with Crippen molar-refractivity contribution in [1.29, 1.82) is 5.26 Å². The van der Waals surface area contributed by atoms with Crippen LogP contribution in [0.15, 0.2) is 24.3 Å². The Labute approximate surface area is 109 Å². The van der Waals surface area contributed by atoms with Gasteiger partial charge in [-0.3, -0.25) is 0 Å². The normalized spacial score (nSPS) is 12.7. The molecule has 0 aromatic heterocycles. The van der Waals surface area contributed by atoms with Gasteiger partial charge in [0.25, 0.3) is 0 Å². The van der Waals surface area contributed by atoms with Gasteiger partial charge in [0.05, 0.1) is 12.0 Å². The number of benzene rings is 1. The summed E-state index contributed by atoms with van der Waals surface area (Å²) in [5, 5.41) is 9.04. The van der Waals surface area contributed by atoms with E-state index in [0.717, 1.165) is 25.1 Å². The summed E-state index contributed by atoms with van der Waals surface area (Å²) in [5.74, 6) is 0.253. The molecule has 1 unspecified atom stereocenters. The van der Waals surface area contributed by atoms with Crippen molar-refractivity contribution in [2.75, 3.05) is 20.1 Å². The maximum Gasteiger partial charge on any atom is 0.123 e. The molecule has 0 heterocycles. The molecule has 1 aromatic rings. The highest BCUT2D eigenvalue weighted by atomic mass is 19.1. The average Bonchev–Trinajstić information content (AvgIpc) is 2.35. The van der Waals surface area contributed by atoms with E-state index in [1.54, 1.807) is 0 Å². The fourth-order valence-corrected chi connectivity index (χ4v) is 1.80. The first-order valence-electron chi connectivity index (χ1n) is 6.35. The summed E-state index contributed by atoms with van der Waals surface area (Å²) in [6.07, 6.45) is 0.882. The lowest BCUT2D eigenvalue weighted by Crippen LogP contribution is -2.29. The van der Waals surface area contributed by atoms with Crippen LogP contribution >= 0.6 is 0 Å². The van der Waals surface area contributed by atoms with Crippen LogP contribution < -0.4 is 0 Å². The van der Waals surface area contributed by atoms with Crippen LogP contribution in [0.1, 0.15) is 19.4 Å². The van der Waals surface area contributed by atoms with Crippen LogP contribution in [0.4, 0.5) is 4.39 Å². The predicted octanol–water partition coefficient (Wildman–Crippen LogP) is 3.10. The number of rotatable bonds is 6. The van der Waals surface area contributed by atoms with Crippen LogP contribution in [0.5, 0.6) is 0 Å². The van der Waals surface area contributed by atoms with Gasteiger partial charge in [0, 0.05) is 13.1 Å². The van der Waals surface area contributed by atoms with E-state index in [1.807, 2.05) is 19.2 Å². The van der Waals surface area contributed by atoms with E-state index in [2.05, 4.69) is 24.8 Å². The summed E-state index contributed by atoms with van der Waals surface area (Å²) in [6.45, 7) is 5.81.